The summed E-state index contributed by atoms with van der Waals surface area (Å²) in [5.41, 5.74) is 7.02. The fourth-order valence-electron chi connectivity index (χ4n) is 1.77. The molecule has 2 rings (SSSR count). The Labute approximate surface area is 122 Å². The largest absolute Gasteiger partial charge is 0.493 e. The molecule has 106 valence electrons. The van der Waals surface area contributed by atoms with Crippen molar-refractivity contribution in [2.45, 2.75) is 13.3 Å². The molecule has 0 aliphatic heterocycles. The van der Waals surface area contributed by atoms with Crippen LogP contribution >= 0.6 is 11.6 Å². The summed E-state index contributed by atoms with van der Waals surface area (Å²) in [4.78, 5) is 0. The molecular weight excluding hydrogens is 281 g/mol. The maximum absolute atomic E-state index is 13.3. The fourth-order valence-corrected chi connectivity index (χ4v) is 1.92. The fraction of sp³-hybridized carbons (Fsp3) is 0.200. The highest BCUT2D eigenvalue weighted by atomic mass is 35.5. The summed E-state index contributed by atoms with van der Waals surface area (Å²) in [6, 6.07) is 8.08. The molecule has 0 spiro atoms. The molecule has 0 unspecified atom stereocenters. The number of hydrogen-bond acceptors (Lipinski definition) is 3. The van der Waals surface area contributed by atoms with Gasteiger partial charge in [-0.2, -0.15) is 0 Å². The zero-order valence-corrected chi connectivity index (χ0v) is 12.0. The van der Waals surface area contributed by atoms with Crippen molar-refractivity contribution in [1.82, 2.24) is 0 Å². The minimum atomic E-state index is -0.579. The van der Waals surface area contributed by atoms with Crippen molar-refractivity contribution in [3.63, 3.8) is 0 Å². The molecule has 0 aliphatic rings. The van der Waals surface area contributed by atoms with Gasteiger partial charge in [0, 0.05) is 12.1 Å². The van der Waals surface area contributed by atoms with E-state index in [1.807, 2.05) is 19.1 Å². The predicted octanol–water partition coefficient (Wildman–Crippen LogP) is 4.42. The Kier molecular flexibility index (Phi) is 4.35. The van der Waals surface area contributed by atoms with Crippen LogP contribution in [0.5, 0.6) is 17.2 Å². The topological polar surface area (TPSA) is 44.5 Å². The summed E-state index contributed by atoms with van der Waals surface area (Å²) in [6.07, 6.45) is 0.890. The van der Waals surface area contributed by atoms with Crippen molar-refractivity contribution >= 4 is 17.3 Å². The number of rotatable bonds is 4. The molecule has 2 aromatic carbocycles. The lowest BCUT2D eigenvalue weighted by Crippen LogP contribution is -1.96. The van der Waals surface area contributed by atoms with Gasteiger partial charge in [0.2, 0.25) is 0 Å². The number of aryl methyl sites for hydroxylation is 1. The van der Waals surface area contributed by atoms with Crippen LogP contribution < -0.4 is 15.2 Å². The SMILES string of the molecule is CCc1ccc(Oc2cc(Cl)c(F)cc2N)c(OC)c1. The van der Waals surface area contributed by atoms with E-state index in [-0.39, 0.29) is 10.7 Å². The number of methoxy groups -OCH3 is 1. The lowest BCUT2D eigenvalue weighted by atomic mass is 10.1. The Balaban J connectivity index is 2.37. The van der Waals surface area contributed by atoms with Crippen molar-refractivity contribution in [1.29, 1.82) is 0 Å². The van der Waals surface area contributed by atoms with Crippen molar-refractivity contribution < 1.29 is 13.9 Å². The normalized spacial score (nSPS) is 10.4. The van der Waals surface area contributed by atoms with Gasteiger partial charge in [0.15, 0.2) is 17.2 Å². The quantitative estimate of drug-likeness (QED) is 0.849. The van der Waals surface area contributed by atoms with Gasteiger partial charge in [-0.15, -0.1) is 0 Å². The van der Waals surface area contributed by atoms with Crippen LogP contribution in [0.2, 0.25) is 5.02 Å². The molecule has 0 heterocycles. The van der Waals surface area contributed by atoms with E-state index < -0.39 is 5.82 Å². The zero-order valence-electron chi connectivity index (χ0n) is 11.2. The van der Waals surface area contributed by atoms with Crippen LogP contribution in [0.15, 0.2) is 30.3 Å². The van der Waals surface area contributed by atoms with E-state index in [9.17, 15) is 4.39 Å². The lowest BCUT2D eigenvalue weighted by Gasteiger charge is -2.13. The molecule has 3 nitrogen and oxygen atoms in total. The van der Waals surface area contributed by atoms with Gasteiger partial charge in [0.05, 0.1) is 17.8 Å². The Morgan fingerprint density at radius 2 is 1.90 bits per heavy atom. The van der Waals surface area contributed by atoms with Crippen LogP contribution in [0.25, 0.3) is 0 Å². The molecule has 0 saturated carbocycles. The van der Waals surface area contributed by atoms with Crippen molar-refractivity contribution in [2.75, 3.05) is 12.8 Å². The summed E-state index contributed by atoms with van der Waals surface area (Å²) in [6.45, 7) is 2.05. The first-order valence-corrected chi connectivity index (χ1v) is 6.52. The Bertz CT molecular complexity index is 632. The van der Waals surface area contributed by atoms with E-state index in [1.165, 1.54) is 6.07 Å². The van der Waals surface area contributed by atoms with Crippen molar-refractivity contribution in [2.24, 2.45) is 0 Å². The van der Waals surface area contributed by atoms with Crippen LogP contribution in [0.1, 0.15) is 12.5 Å². The molecular formula is C15H15ClFNO2. The van der Waals surface area contributed by atoms with Gasteiger partial charge >= 0.3 is 0 Å². The van der Waals surface area contributed by atoms with Gasteiger partial charge in [-0.05, 0) is 24.1 Å². The first-order chi connectivity index (χ1) is 9.55. The first-order valence-electron chi connectivity index (χ1n) is 6.14. The zero-order chi connectivity index (χ0) is 14.7. The molecule has 5 heteroatoms. The van der Waals surface area contributed by atoms with Crippen molar-refractivity contribution in [3.8, 4) is 17.2 Å². The van der Waals surface area contributed by atoms with Crippen LogP contribution in [-0.2, 0) is 6.42 Å². The number of halogens is 2. The minimum Gasteiger partial charge on any atom is -0.493 e. The lowest BCUT2D eigenvalue weighted by molar-refractivity contribution is 0.378. The molecule has 0 fully saturated rings. The third-order valence-electron chi connectivity index (χ3n) is 2.91. The van der Waals surface area contributed by atoms with Gasteiger partial charge in [-0.3, -0.25) is 0 Å². The van der Waals surface area contributed by atoms with Gasteiger partial charge in [-0.1, -0.05) is 24.6 Å². The number of ether oxygens (including phenoxy) is 2. The van der Waals surface area contributed by atoms with E-state index in [4.69, 9.17) is 26.8 Å². The Morgan fingerprint density at radius 1 is 1.15 bits per heavy atom. The monoisotopic (exact) mass is 295 g/mol. The second kappa shape index (κ2) is 6.01. The maximum atomic E-state index is 13.3. The molecule has 0 aliphatic carbocycles. The smallest absolute Gasteiger partial charge is 0.169 e. The maximum Gasteiger partial charge on any atom is 0.169 e. The van der Waals surface area contributed by atoms with Crippen LogP contribution in [0, 0.1) is 5.82 Å². The highest BCUT2D eigenvalue weighted by molar-refractivity contribution is 6.31. The third kappa shape index (κ3) is 2.96. The molecule has 0 aromatic heterocycles. The predicted molar refractivity (Wildman–Crippen MR) is 78.3 cm³/mol. The number of benzene rings is 2. The summed E-state index contributed by atoms with van der Waals surface area (Å²) < 4.78 is 24.2. The van der Waals surface area contributed by atoms with Crippen molar-refractivity contribution in [3.05, 3.63) is 46.7 Å². The van der Waals surface area contributed by atoms with E-state index in [0.717, 1.165) is 18.1 Å². The first kappa shape index (κ1) is 14.5. The Hall–Kier alpha value is -1.94. The average Bonchev–Trinajstić information content (AvgIpc) is 2.45. The molecule has 20 heavy (non-hydrogen) atoms. The van der Waals surface area contributed by atoms with Gasteiger partial charge in [0.25, 0.3) is 0 Å². The summed E-state index contributed by atoms with van der Waals surface area (Å²) in [5, 5.41) is -0.0432. The molecule has 0 amide bonds. The standard InChI is InChI=1S/C15H15ClFNO2/c1-3-9-4-5-13(15(6-9)19-2)20-14-7-10(16)11(17)8-12(14)18/h4-8H,3,18H2,1-2H3. The second-order valence-corrected chi connectivity index (χ2v) is 4.65. The number of nitrogens with two attached hydrogens (primary N) is 1. The van der Waals surface area contributed by atoms with Gasteiger partial charge in [0.1, 0.15) is 5.82 Å². The van der Waals surface area contributed by atoms with Gasteiger partial charge < -0.3 is 15.2 Å². The molecule has 0 bridgehead atoms. The third-order valence-corrected chi connectivity index (χ3v) is 3.20. The molecule has 0 atom stereocenters. The number of nitrogen functional groups attached to an aromatic ring is 1. The van der Waals surface area contributed by atoms with Crippen LogP contribution in [-0.4, -0.2) is 7.11 Å². The summed E-state index contributed by atoms with van der Waals surface area (Å²) in [7, 11) is 1.56. The molecule has 0 radical (unpaired) electrons. The van der Waals surface area contributed by atoms with E-state index >= 15 is 0 Å². The molecule has 0 saturated heterocycles. The average molecular weight is 296 g/mol. The van der Waals surface area contributed by atoms with E-state index in [0.29, 0.717) is 17.2 Å². The van der Waals surface area contributed by atoms with Crippen LogP contribution in [0.3, 0.4) is 0 Å². The molecule has 2 N–H and O–H groups in total. The molecule has 2 aromatic rings. The summed E-state index contributed by atoms with van der Waals surface area (Å²) >= 11 is 5.73. The minimum absolute atomic E-state index is 0.0432. The number of anilines is 1. The number of hydrogen-bond donors (Lipinski definition) is 1. The van der Waals surface area contributed by atoms with Crippen LogP contribution in [0.4, 0.5) is 10.1 Å². The second-order valence-electron chi connectivity index (χ2n) is 4.24. The van der Waals surface area contributed by atoms with Gasteiger partial charge in [-0.25, -0.2) is 4.39 Å². The highest BCUT2D eigenvalue weighted by Gasteiger charge is 2.11. The van der Waals surface area contributed by atoms with E-state index in [1.54, 1.807) is 13.2 Å². The highest BCUT2D eigenvalue weighted by Crippen LogP contribution is 2.36. The summed E-state index contributed by atoms with van der Waals surface area (Å²) in [5.74, 6) is 0.798. The van der Waals surface area contributed by atoms with E-state index in [2.05, 4.69) is 0 Å². The Morgan fingerprint density at radius 3 is 2.55 bits per heavy atom.